The molecule has 0 aliphatic heterocycles. The molecule has 0 saturated carbocycles. The molecule has 4 rings (SSSR count). The molecular weight excluding hydrogens is 360 g/mol. The van der Waals surface area contributed by atoms with Gasteiger partial charge in [0.25, 0.3) is 5.91 Å². The van der Waals surface area contributed by atoms with Crippen molar-refractivity contribution in [3.8, 4) is 17.2 Å². The van der Waals surface area contributed by atoms with Gasteiger partial charge in [-0.15, -0.1) is 5.10 Å². The first kappa shape index (κ1) is 17.6. The number of nitrogen functional groups attached to an aromatic ring is 1. The molecule has 142 valence electrons. The first-order valence-electron chi connectivity index (χ1n) is 8.46. The second-order valence-electron chi connectivity index (χ2n) is 6.06. The van der Waals surface area contributed by atoms with Crippen LogP contribution in [0.5, 0.6) is 17.2 Å². The number of nitrogens with two attached hydrogens (primary N) is 1. The van der Waals surface area contributed by atoms with Crippen LogP contribution in [-0.2, 0) is 0 Å². The van der Waals surface area contributed by atoms with Crippen molar-refractivity contribution in [2.24, 2.45) is 0 Å². The molecule has 0 aliphatic carbocycles. The van der Waals surface area contributed by atoms with Gasteiger partial charge < -0.3 is 19.9 Å². The van der Waals surface area contributed by atoms with Crippen LogP contribution in [0.15, 0.2) is 42.5 Å². The van der Waals surface area contributed by atoms with Gasteiger partial charge >= 0.3 is 0 Å². The number of pyridine rings is 1. The van der Waals surface area contributed by atoms with Crippen LogP contribution in [0.1, 0.15) is 10.4 Å². The fourth-order valence-corrected chi connectivity index (χ4v) is 3.13. The third-order valence-electron chi connectivity index (χ3n) is 4.51. The number of benzene rings is 2. The molecular formula is C20H18N4O4. The number of para-hydroxylation sites is 1. The zero-order valence-corrected chi connectivity index (χ0v) is 15.6. The van der Waals surface area contributed by atoms with Crippen molar-refractivity contribution in [3.63, 3.8) is 0 Å². The van der Waals surface area contributed by atoms with Gasteiger partial charge in [-0.1, -0.05) is 6.07 Å². The highest BCUT2D eigenvalue weighted by molar-refractivity contribution is 6.06. The highest BCUT2D eigenvalue weighted by Crippen LogP contribution is 2.32. The molecule has 0 radical (unpaired) electrons. The summed E-state index contributed by atoms with van der Waals surface area (Å²) in [6.07, 6.45) is 0. The Balaban J connectivity index is 1.94. The first-order valence-corrected chi connectivity index (χ1v) is 8.46. The SMILES string of the molecule is COc1ccc2cc3c(N)nn(C(=O)c4cccc(OC)c4OC)c3nc2c1. The average molecular weight is 378 g/mol. The van der Waals surface area contributed by atoms with E-state index >= 15 is 0 Å². The summed E-state index contributed by atoms with van der Waals surface area (Å²) in [5.41, 5.74) is 7.37. The topological polar surface area (TPSA) is 101 Å². The maximum atomic E-state index is 13.2. The van der Waals surface area contributed by atoms with E-state index in [9.17, 15) is 4.79 Å². The molecule has 0 spiro atoms. The van der Waals surface area contributed by atoms with Gasteiger partial charge in [-0.25, -0.2) is 4.98 Å². The van der Waals surface area contributed by atoms with Gasteiger partial charge in [0.05, 0.1) is 37.8 Å². The number of anilines is 1. The van der Waals surface area contributed by atoms with Gasteiger partial charge in [-0.3, -0.25) is 4.79 Å². The molecule has 0 aliphatic rings. The monoisotopic (exact) mass is 378 g/mol. The summed E-state index contributed by atoms with van der Waals surface area (Å²) in [4.78, 5) is 17.8. The number of ether oxygens (including phenoxy) is 3. The summed E-state index contributed by atoms with van der Waals surface area (Å²) >= 11 is 0. The number of nitrogens with zero attached hydrogens (tertiary/aromatic N) is 3. The molecule has 4 aromatic rings. The predicted octanol–water partition coefficient (Wildman–Crippen LogP) is 2.88. The zero-order chi connectivity index (χ0) is 19.8. The van der Waals surface area contributed by atoms with E-state index in [1.807, 2.05) is 18.2 Å². The van der Waals surface area contributed by atoms with Gasteiger partial charge in [-0.2, -0.15) is 4.68 Å². The first-order chi connectivity index (χ1) is 13.6. The number of rotatable bonds is 4. The van der Waals surface area contributed by atoms with Crippen LogP contribution in [0.2, 0.25) is 0 Å². The van der Waals surface area contributed by atoms with E-state index in [4.69, 9.17) is 19.9 Å². The molecule has 8 nitrogen and oxygen atoms in total. The summed E-state index contributed by atoms with van der Waals surface area (Å²) in [6.45, 7) is 0. The maximum absolute atomic E-state index is 13.2. The van der Waals surface area contributed by atoms with E-state index in [1.54, 1.807) is 31.4 Å². The third-order valence-corrected chi connectivity index (χ3v) is 4.51. The van der Waals surface area contributed by atoms with Crippen molar-refractivity contribution < 1.29 is 19.0 Å². The maximum Gasteiger partial charge on any atom is 0.284 e. The number of fused-ring (bicyclic) bond motifs is 2. The molecule has 0 fully saturated rings. The summed E-state index contributed by atoms with van der Waals surface area (Å²) in [7, 11) is 4.57. The lowest BCUT2D eigenvalue weighted by Gasteiger charge is -2.11. The average Bonchev–Trinajstić information content (AvgIpc) is 3.05. The Labute approximate surface area is 160 Å². The molecule has 0 bridgehead atoms. The summed E-state index contributed by atoms with van der Waals surface area (Å²) in [6, 6.07) is 12.4. The van der Waals surface area contributed by atoms with Crippen molar-refractivity contribution in [1.29, 1.82) is 0 Å². The van der Waals surface area contributed by atoms with Gasteiger partial charge in [0.15, 0.2) is 23.0 Å². The van der Waals surface area contributed by atoms with Gasteiger partial charge in [0, 0.05) is 11.5 Å². The van der Waals surface area contributed by atoms with Crippen LogP contribution in [0.4, 0.5) is 5.82 Å². The van der Waals surface area contributed by atoms with Crippen molar-refractivity contribution >= 4 is 33.7 Å². The van der Waals surface area contributed by atoms with Crippen LogP contribution >= 0.6 is 0 Å². The quantitative estimate of drug-likeness (QED) is 0.582. The second kappa shape index (κ2) is 6.73. The van der Waals surface area contributed by atoms with Gasteiger partial charge in [0.2, 0.25) is 0 Å². The van der Waals surface area contributed by atoms with Crippen molar-refractivity contribution in [3.05, 3.63) is 48.0 Å². The lowest BCUT2D eigenvalue weighted by atomic mass is 10.1. The molecule has 28 heavy (non-hydrogen) atoms. The Bertz CT molecular complexity index is 1220. The molecule has 2 aromatic heterocycles. The molecule has 2 heterocycles. The van der Waals surface area contributed by atoms with E-state index in [0.29, 0.717) is 39.4 Å². The number of carbonyl (C=O) groups excluding carboxylic acids is 1. The number of hydrogen-bond acceptors (Lipinski definition) is 7. The van der Waals surface area contributed by atoms with E-state index in [1.165, 1.54) is 18.9 Å². The Morgan fingerprint density at radius 2 is 1.86 bits per heavy atom. The second-order valence-corrected chi connectivity index (χ2v) is 6.06. The summed E-state index contributed by atoms with van der Waals surface area (Å²) in [5.74, 6) is 1.22. The van der Waals surface area contributed by atoms with Crippen molar-refractivity contribution in [2.75, 3.05) is 27.1 Å². The highest BCUT2D eigenvalue weighted by atomic mass is 16.5. The molecule has 2 aromatic carbocycles. The minimum absolute atomic E-state index is 0.218. The molecule has 0 atom stereocenters. The van der Waals surface area contributed by atoms with Crippen LogP contribution in [0, 0.1) is 0 Å². The minimum Gasteiger partial charge on any atom is -0.497 e. The fourth-order valence-electron chi connectivity index (χ4n) is 3.13. The normalized spacial score (nSPS) is 11.0. The zero-order valence-electron chi connectivity index (χ0n) is 15.6. The van der Waals surface area contributed by atoms with E-state index < -0.39 is 5.91 Å². The summed E-state index contributed by atoms with van der Waals surface area (Å²) < 4.78 is 17.1. The lowest BCUT2D eigenvalue weighted by molar-refractivity contribution is 0.0946. The molecule has 0 amide bonds. The number of aromatic nitrogens is 3. The Morgan fingerprint density at radius 1 is 1.04 bits per heavy atom. The fraction of sp³-hybridized carbons (Fsp3) is 0.150. The van der Waals surface area contributed by atoms with Crippen LogP contribution in [0.3, 0.4) is 0 Å². The van der Waals surface area contributed by atoms with Crippen molar-refractivity contribution in [2.45, 2.75) is 0 Å². The molecule has 8 heteroatoms. The highest BCUT2D eigenvalue weighted by Gasteiger charge is 2.22. The smallest absolute Gasteiger partial charge is 0.284 e. The Hall–Kier alpha value is -3.81. The standard InChI is InChI=1S/C20H18N4O4/c1-26-12-8-7-11-9-14-18(21)23-24(19(14)22-15(11)10-12)20(25)13-5-4-6-16(27-2)17(13)28-3/h4-10H,1-3H3,(H2,21,23). The van der Waals surface area contributed by atoms with E-state index in [-0.39, 0.29) is 5.82 Å². The van der Waals surface area contributed by atoms with Crippen LogP contribution in [-0.4, -0.2) is 42.0 Å². The Kier molecular flexibility index (Phi) is 4.23. The summed E-state index contributed by atoms with van der Waals surface area (Å²) in [5, 5.41) is 5.67. The predicted molar refractivity (Wildman–Crippen MR) is 105 cm³/mol. The largest absolute Gasteiger partial charge is 0.497 e. The molecule has 2 N–H and O–H groups in total. The lowest BCUT2D eigenvalue weighted by Crippen LogP contribution is -2.16. The number of hydrogen-bond donors (Lipinski definition) is 1. The van der Waals surface area contributed by atoms with Gasteiger partial charge in [0.1, 0.15) is 5.75 Å². The number of carbonyl (C=O) groups is 1. The van der Waals surface area contributed by atoms with E-state index in [0.717, 1.165) is 5.39 Å². The molecule has 0 saturated heterocycles. The van der Waals surface area contributed by atoms with E-state index in [2.05, 4.69) is 10.1 Å². The Morgan fingerprint density at radius 3 is 2.57 bits per heavy atom. The third kappa shape index (κ3) is 2.66. The van der Waals surface area contributed by atoms with Crippen LogP contribution in [0.25, 0.3) is 21.9 Å². The van der Waals surface area contributed by atoms with Gasteiger partial charge in [-0.05, 0) is 30.3 Å². The molecule has 0 unspecified atom stereocenters. The van der Waals surface area contributed by atoms with Crippen molar-refractivity contribution in [1.82, 2.24) is 14.8 Å². The number of methoxy groups -OCH3 is 3. The minimum atomic E-state index is -0.424. The van der Waals surface area contributed by atoms with Crippen LogP contribution < -0.4 is 19.9 Å².